The van der Waals surface area contributed by atoms with Crippen molar-refractivity contribution in [1.82, 2.24) is 0 Å². The minimum Gasteiger partial charge on any atom is -0.478 e. The minimum absolute atomic E-state index is 0.0244. The second-order valence-electron chi connectivity index (χ2n) is 7.04. The van der Waals surface area contributed by atoms with Gasteiger partial charge in [-0.25, -0.2) is 4.79 Å². The summed E-state index contributed by atoms with van der Waals surface area (Å²) in [5.74, 6) is -1.14. The Balaban J connectivity index is 1.89. The zero-order chi connectivity index (χ0) is 22.1. The van der Waals surface area contributed by atoms with Crippen molar-refractivity contribution in [2.24, 2.45) is 0 Å². The van der Waals surface area contributed by atoms with Gasteiger partial charge in [0.2, 0.25) is 0 Å². The summed E-state index contributed by atoms with van der Waals surface area (Å²) in [6.07, 6.45) is -4.59. The molecule has 0 saturated carbocycles. The van der Waals surface area contributed by atoms with Gasteiger partial charge < -0.3 is 19.8 Å². The van der Waals surface area contributed by atoms with Crippen LogP contribution in [-0.2, 0) is 16.5 Å². The zero-order valence-electron chi connectivity index (χ0n) is 15.4. The Labute approximate surface area is 168 Å². The highest BCUT2D eigenvalue weighted by atomic mass is 19.4. The molecule has 30 heavy (non-hydrogen) atoms. The van der Waals surface area contributed by atoms with E-state index in [9.17, 15) is 31.9 Å². The maximum Gasteiger partial charge on any atom is 0.416 e. The Morgan fingerprint density at radius 3 is 2.23 bits per heavy atom. The van der Waals surface area contributed by atoms with Crippen molar-refractivity contribution in [2.75, 3.05) is 18.1 Å². The number of nitrogens with zero attached hydrogens (tertiary/aromatic N) is 1. The fourth-order valence-electron chi connectivity index (χ4n) is 3.58. The molecule has 162 valence electrons. The molecule has 1 aliphatic rings. The molecule has 2 aromatic carbocycles. The van der Waals surface area contributed by atoms with Crippen molar-refractivity contribution >= 4 is 11.7 Å². The molecule has 5 nitrogen and oxygen atoms in total. The number of benzene rings is 2. The second kappa shape index (κ2) is 8.19. The van der Waals surface area contributed by atoms with Crippen molar-refractivity contribution in [2.45, 2.75) is 30.9 Å². The van der Waals surface area contributed by atoms with Crippen LogP contribution in [0.15, 0.2) is 48.5 Å². The van der Waals surface area contributed by atoms with Crippen molar-refractivity contribution < 1.29 is 41.7 Å². The van der Waals surface area contributed by atoms with Crippen LogP contribution in [0.25, 0.3) is 0 Å². The highest BCUT2D eigenvalue weighted by Gasteiger charge is 2.44. The normalized spacial score (nSPS) is 22.0. The highest BCUT2D eigenvalue weighted by molar-refractivity contribution is 5.88. The molecule has 3 rings (SSSR count). The summed E-state index contributed by atoms with van der Waals surface area (Å²) < 4.78 is 67.9. The maximum absolute atomic E-state index is 12.8. The predicted molar refractivity (Wildman–Crippen MR) is 96.4 cm³/mol. The van der Waals surface area contributed by atoms with Gasteiger partial charge in [-0.05, 0) is 42.0 Å². The number of aliphatic hydroxyl groups is 1. The third kappa shape index (κ3) is 4.71. The van der Waals surface area contributed by atoms with E-state index in [-0.39, 0.29) is 24.1 Å². The molecular weight excluding hydrogens is 413 g/mol. The lowest BCUT2D eigenvalue weighted by molar-refractivity contribution is -0.137. The Hall–Kier alpha value is -2.72. The summed E-state index contributed by atoms with van der Waals surface area (Å²) in [4.78, 5) is 12.6. The fraction of sp³-hybridized carbons (Fsp3) is 0.350. The summed E-state index contributed by atoms with van der Waals surface area (Å²) in [6, 6.07) is 8.91. The molecule has 2 aromatic rings. The van der Waals surface area contributed by atoms with Crippen molar-refractivity contribution in [3.63, 3.8) is 0 Å². The van der Waals surface area contributed by atoms with Gasteiger partial charge in [-0.1, -0.05) is 12.1 Å². The number of carbonyl (C=O) groups is 1. The van der Waals surface area contributed by atoms with Gasteiger partial charge >= 0.3 is 18.8 Å². The molecule has 2 atom stereocenters. The van der Waals surface area contributed by atoms with Gasteiger partial charge in [0.05, 0.1) is 30.3 Å². The van der Waals surface area contributed by atoms with E-state index in [0.29, 0.717) is 5.69 Å². The van der Waals surface area contributed by atoms with Gasteiger partial charge in [-0.2, -0.15) is 22.0 Å². The third-order valence-corrected chi connectivity index (χ3v) is 5.06. The SMILES string of the molecule is O=C(O)c1ccc(N2CC(O)(c3ccc(C(F)(F)F)cc3)CC2COC(F)F)cc1. The zero-order valence-corrected chi connectivity index (χ0v) is 15.4. The number of hydrogen-bond donors (Lipinski definition) is 2. The first-order chi connectivity index (χ1) is 14.0. The molecule has 0 aromatic heterocycles. The lowest BCUT2D eigenvalue weighted by Gasteiger charge is -2.27. The van der Waals surface area contributed by atoms with Crippen LogP contribution in [-0.4, -0.2) is 42.0 Å². The molecule has 0 spiro atoms. The van der Waals surface area contributed by atoms with Gasteiger partial charge in [0, 0.05) is 12.1 Å². The number of carboxylic acid groups (broad SMARTS) is 1. The van der Waals surface area contributed by atoms with Crippen molar-refractivity contribution in [3.05, 3.63) is 65.2 Å². The van der Waals surface area contributed by atoms with E-state index >= 15 is 0 Å². The van der Waals surface area contributed by atoms with Crippen LogP contribution in [0.2, 0.25) is 0 Å². The van der Waals surface area contributed by atoms with Gasteiger partial charge in [-0.15, -0.1) is 0 Å². The van der Waals surface area contributed by atoms with E-state index in [1.807, 2.05) is 0 Å². The van der Waals surface area contributed by atoms with E-state index in [2.05, 4.69) is 4.74 Å². The Morgan fingerprint density at radius 2 is 1.73 bits per heavy atom. The summed E-state index contributed by atoms with van der Waals surface area (Å²) in [5.41, 5.74) is -1.78. The first-order valence-corrected chi connectivity index (χ1v) is 8.89. The second-order valence-corrected chi connectivity index (χ2v) is 7.04. The number of hydrogen-bond acceptors (Lipinski definition) is 4. The van der Waals surface area contributed by atoms with E-state index in [1.54, 1.807) is 4.90 Å². The number of anilines is 1. The lowest BCUT2D eigenvalue weighted by Crippen LogP contribution is -2.34. The standard InChI is InChI=1S/C20H18F5NO4/c21-18(22)30-10-16-9-19(29,13-3-5-14(6-4-13)20(23,24)25)11-26(16)15-7-1-12(2-8-15)17(27)28/h1-8,16,18,29H,9-11H2,(H,27,28). The van der Waals surface area contributed by atoms with Crippen LogP contribution < -0.4 is 4.90 Å². The fourth-order valence-corrected chi connectivity index (χ4v) is 3.58. The van der Waals surface area contributed by atoms with Gasteiger partial charge in [-0.3, -0.25) is 0 Å². The van der Waals surface area contributed by atoms with Crippen LogP contribution in [0.4, 0.5) is 27.6 Å². The number of aromatic carboxylic acids is 1. The summed E-state index contributed by atoms with van der Waals surface area (Å²) in [5, 5.41) is 20.1. The van der Waals surface area contributed by atoms with Crippen molar-refractivity contribution in [1.29, 1.82) is 0 Å². The van der Waals surface area contributed by atoms with E-state index in [4.69, 9.17) is 5.11 Å². The van der Waals surface area contributed by atoms with E-state index in [0.717, 1.165) is 24.3 Å². The van der Waals surface area contributed by atoms with Crippen LogP contribution in [0.3, 0.4) is 0 Å². The molecule has 0 aliphatic carbocycles. The van der Waals surface area contributed by atoms with Crippen LogP contribution in [0, 0.1) is 0 Å². The number of β-amino-alcohol motifs (C(OH)–C–C–N with tert-alkyl or cyclic N) is 1. The molecule has 1 aliphatic heterocycles. The van der Waals surface area contributed by atoms with Crippen LogP contribution in [0.5, 0.6) is 0 Å². The van der Waals surface area contributed by atoms with Gasteiger partial charge in [0.25, 0.3) is 0 Å². The molecular formula is C20H18F5NO4. The Kier molecular flexibility index (Phi) is 6.00. The molecule has 1 fully saturated rings. The molecule has 2 unspecified atom stereocenters. The Morgan fingerprint density at radius 1 is 1.13 bits per heavy atom. The Bertz CT molecular complexity index is 886. The smallest absolute Gasteiger partial charge is 0.416 e. The molecule has 1 heterocycles. The van der Waals surface area contributed by atoms with Crippen LogP contribution >= 0.6 is 0 Å². The van der Waals surface area contributed by atoms with E-state index < -0.39 is 42.6 Å². The monoisotopic (exact) mass is 431 g/mol. The lowest BCUT2D eigenvalue weighted by atomic mass is 9.90. The number of ether oxygens (including phenoxy) is 1. The third-order valence-electron chi connectivity index (χ3n) is 5.06. The molecule has 2 N–H and O–H groups in total. The number of alkyl halides is 5. The van der Waals surface area contributed by atoms with Crippen LogP contribution in [0.1, 0.15) is 27.9 Å². The average Bonchev–Trinajstić information content (AvgIpc) is 3.04. The minimum atomic E-state index is -4.53. The molecule has 0 bridgehead atoms. The highest BCUT2D eigenvalue weighted by Crippen LogP contribution is 2.40. The topological polar surface area (TPSA) is 70.0 Å². The van der Waals surface area contributed by atoms with E-state index in [1.165, 1.54) is 24.3 Å². The number of carboxylic acids is 1. The number of rotatable bonds is 6. The quantitative estimate of drug-likeness (QED) is 0.674. The predicted octanol–water partition coefficient (Wildman–Crippen LogP) is 4.11. The van der Waals surface area contributed by atoms with Gasteiger partial charge in [0.1, 0.15) is 5.60 Å². The molecule has 10 heteroatoms. The summed E-state index contributed by atoms with van der Waals surface area (Å²) in [7, 11) is 0. The molecule has 1 saturated heterocycles. The maximum atomic E-state index is 12.8. The largest absolute Gasteiger partial charge is 0.478 e. The first-order valence-electron chi connectivity index (χ1n) is 8.89. The first kappa shape index (κ1) is 22.0. The average molecular weight is 431 g/mol. The van der Waals surface area contributed by atoms with Crippen molar-refractivity contribution in [3.8, 4) is 0 Å². The summed E-state index contributed by atoms with van der Waals surface area (Å²) in [6.45, 7) is -3.55. The van der Waals surface area contributed by atoms with Gasteiger partial charge in [0.15, 0.2) is 0 Å². The number of halogens is 5. The molecule has 0 amide bonds. The molecule has 0 radical (unpaired) electrons. The summed E-state index contributed by atoms with van der Waals surface area (Å²) >= 11 is 0.